The maximum atomic E-state index is 11.8. The number of pyridine rings is 1. The molecule has 6 heteroatoms. The van der Waals surface area contributed by atoms with Crippen molar-refractivity contribution in [2.45, 2.75) is 13.0 Å². The van der Waals surface area contributed by atoms with E-state index in [9.17, 15) is 4.79 Å². The van der Waals surface area contributed by atoms with E-state index in [1.165, 1.54) is 12.3 Å². The minimum Gasteiger partial charge on any atom is -0.458 e. The second-order valence-corrected chi connectivity index (χ2v) is 4.44. The molecule has 1 unspecified atom stereocenters. The molecule has 0 amide bonds. The lowest BCUT2D eigenvalue weighted by atomic mass is 10.2. The summed E-state index contributed by atoms with van der Waals surface area (Å²) in [6.45, 7) is 2.45. The summed E-state index contributed by atoms with van der Waals surface area (Å²) in [5.74, 6) is -0.510. The molecule has 0 aliphatic rings. The zero-order valence-corrected chi connectivity index (χ0v) is 10.9. The van der Waals surface area contributed by atoms with Gasteiger partial charge in [0.05, 0.1) is 17.4 Å². The van der Waals surface area contributed by atoms with Gasteiger partial charge in [-0.1, -0.05) is 11.6 Å². The molecule has 0 bridgehead atoms. The second kappa shape index (κ2) is 5.84. The second-order valence-electron chi connectivity index (χ2n) is 4.09. The standard InChI is InChI=1S/C11H16ClN3O2/c1-7(6-15(2)3)17-11(16)9-4-8(13)5-14-10(9)12/h4-5,7H,6,13H2,1-3H3. The quantitative estimate of drug-likeness (QED) is 0.653. The van der Waals surface area contributed by atoms with Crippen LogP contribution in [0.1, 0.15) is 17.3 Å². The number of nitrogens with zero attached hydrogens (tertiary/aromatic N) is 2. The number of carbonyl (C=O) groups is 1. The van der Waals surface area contributed by atoms with Crippen molar-refractivity contribution in [3.8, 4) is 0 Å². The van der Waals surface area contributed by atoms with Gasteiger partial charge in [-0.05, 0) is 27.1 Å². The molecule has 5 nitrogen and oxygen atoms in total. The van der Waals surface area contributed by atoms with Crippen molar-refractivity contribution in [2.24, 2.45) is 0 Å². The van der Waals surface area contributed by atoms with E-state index in [-0.39, 0.29) is 16.8 Å². The number of ether oxygens (including phenoxy) is 1. The predicted octanol–water partition coefficient (Wildman–Crippen LogP) is 1.42. The smallest absolute Gasteiger partial charge is 0.341 e. The summed E-state index contributed by atoms with van der Waals surface area (Å²) in [5.41, 5.74) is 6.11. The lowest BCUT2D eigenvalue weighted by Gasteiger charge is -2.17. The van der Waals surface area contributed by atoms with Crippen molar-refractivity contribution < 1.29 is 9.53 Å². The highest BCUT2D eigenvalue weighted by atomic mass is 35.5. The van der Waals surface area contributed by atoms with Crippen molar-refractivity contribution in [2.75, 3.05) is 26.4 Å². The van der Waals surface area contributed by atoms with E-state index < -0.39 is 5.97 Å². The third-order valence-corrected chi connectivity index (χ3v) is 2.31. The maximum absolute atomic E-state index is 11.8. The van der Waals surface area contributed by atoms with Crippen molar-refractivity contribution in [3.05, 3.63) is 23.0 Å². The summed E-state index contributed by atoms with van der Waals surface area (Å²) in [6.07, 6.45) is 1.16. The van der Waals surface area contributed by atoms with Crippen LogP contribution in [0.4, 0.5) is 5.69 Å². The van der Waals surface area contributed by atoms with E-state index in [4.69, 9.17) is 22.1 Å². The van der Waals surface area contributed by atoms with Crippen LogP contribution < -0.4 is 5.73 Å². The van der Waals surface area contributed by atoms with Crippen LogP contribution >= 0.6 is 11.6 Å². The van der Waals surface area contributed by atoms with Crippen LogP contribution in [-0.4, -0.2) is 42.6 Å². The molecule has 17 heavy (non-hydrogen) atoms. The lowest BCUT2D eigenvalue weighted by molar-refractivity contribution is 0.0289. The Morgan fingerprint density at radius 2 is 2.29 bits per heavy atom. The van der Waals surface area contributed by atoms with E-state index >= 15 is 0 Å². The van der Waals surface area contributed by atoms with Gasteiger partial charge in [-0.2, -0.15) is 0 Å². The minimum absolute atomic E-state index is 0.0984. The van der Waals surface area contributed by atoms with Crippen LogP contribution in [-0.2, 0) is 4.74 Å². The number of rotatable bonds is 4. The zero-order valence-electron chi connectivity index (χ0n) is 10.1. The number of halogens is 1. The van der Waals surface area contributed by atoms with E-state index in [1.807, 2.05) is 25.9 Å². The lowest BCUT2D eigenvalue weighted by Crippen LogP contribution is -2.28. The van der Waals surface area contributed by atoms with Crippen molar-refractivity contribution in [3.63, 3.8) is 0 Å². The Labute approximate surface area is 106 Å². The molecule has 0 radical (unpaired) electrons. The van der Waals surface area contributed by atoms with Gasteiger partial charge in [0.2, 0.25) is 0 Å². The fourth-order valence-electron chi connectivity index (χ4n) is 1.41. The molecule has 1 aromatic heterocycles. The van der Waals surface area contributed by atoms with Gasteiger partial charge in [-0.3, -0.25) is 0 Å². The molecule has 1 atom stereocenters. The first-order chi connectivity index (χ1) is 7.90. The molecular weight excluding hydrogens is 242 g/mol. The summed E-state index contributed by atoms with van der Waals surface area (Å²) >= 11 is 5.80. The summed E-state index contributed by atoms with van der Waals surface area (Å²) in [4.78, 5) is 17.5. The summed E-state index contributed by atoms with van der Waals surface area (Å²) in [7, 11) is 3.80. The number of esters is 1. The van der Waals surface area contributed by atoms with Crippen LogP contribution in [0.5, 0.6) is 0 Å². The SMILES string of the molecule is CC(CN(C)C)OC(=O)c1cc(N)cnc1Cl. The fourth-order valence-corrected chi connectivity index (χ4v) is 1.59. The highest BCUT2D eigenvalue weighted by molar-refractivity contribution is 6.32. The Hall–Kier alpha value is -1.33. The zero-order chi connectivity index (χ0) is 13.0. The molecule has 0 aliphatic heterocycles. The molecule has 0 saturated heterocycles. The highest BCUT2D eigenvalue weighted by Gasteiger charge is 2.16. The van der Waals surface area contributed by atoms with Crippen LogP contribution in [0.2, 0.25) is 5.15 Å². The Morgan fingerprint density at radius 1 is 1.65 bits per heavy atom. The number of hydrogen-bond acceptors (Lipinski definition) is 5. The summed E-state index contributed by atoms with van der Waals surface area (Å²) in [5, 5.41) is 0.0984. The first kappa shape index (κ1) is 13.7. The molecule has 94 valence electrons. The van der Waals surface area contributed by atoms with Crippen molar-refractivity contribution in [1.29, 1.82) is 0 Å². The molecule has 0 aliphatic carbocycles. The van der Waals surface area contributed by atoms with Crippen LogP contribution in [0, 0.1) is 0 Å². The number of nitrogen functional groups attached to an aromatic ring is 1. The fraction of sp³-hybridized carbons (Fsp3) is 0.455. The first-order valence-corrected chi connectivity index (χ1v) is 5.54. The molecule has 1 heterocycles. The van der Waals surface area contributed by atoms with Crippen LogP contribution in [0.3, 0.4) is 0 Å². The van der Waals surface area contributed by atoms with Crippen molar-refractivity contribution >= 4 is 23.3 Å². The monoisotopic (exact) mass is 257 g/mol. The van der Waals surface area contributed by atoms with E-state index in [1.54, 1.807) is 0 Å². The summed E-state index contributed by atoms with van der Waals surface area (Å²) < 4.78 is 5.22. The van der Waals surface area contributed by atoms with Gasteiger partial charge in [-0.25, -0.2) is 9.78 Å². The minimum atomic E-state index is -0.510. The predicted molar refractivity (Wildman–Crippen MR) is 67.1 cm³/mol. The molecule has 0 aromatic carbocycles. The van der Waals surface area contributed by atoms with Crippen molar-refractivity contribution in [1.82, 2.24) is 9.88 Å². The number of hydrogen-bond donors (Lipinski definition) is 1. The first-order valence-electron chi connectivity index (χ1n) is 5.17. The van der Waals surface area contributed by atoms with E-state index in [0.717, 1.165) is 0 Å². The molecular formula is C11H16ClN3O2. The van der Waals surface area contributed by atoms with E-state index in [0.29, 0.717) is 12.2 Å². The third-order valence-electron chi connectivity index (χ3n) is 2.01. The number of nitrogens with two attached hydrogens (primary N) is 1. The highest BCUT2D eigenvalue weighted by Crippen LogP contribution is 2.17. The molecule has 1 rings (SSSR count). The summed E-state index contributed by atoms with van der Waals surface area (Å²) in [6, 6.07) is 1.46. The third kappa shape index (κ3) is 4.20. The van der Waals surface area contributed by atoms with Gasteiger partial charge in [0.15, 0.2) is 0 Å². The Balaban J connectivity index is 2.73. The van der Waals surface area contributed by atoms with Gasteiger partial charge in [0.25, 0.3) is 0 Å². The molecule has 0 spiro atoms. The topological polar surface area (TPSA) is 68.5 Å². The Kier molecular flexibility index (Phi) is 4.72. The maximum Gasteiger partial charge on any atom is 0.341 e. The molecule has 2 N–H and O–H groups in total. The van der Waals surface area contributed by atoms with Crippen LogP contribution in [0.15, 0.2) is 12.3 Å². The van der Waals surface area contributed by atoms with Gasteiger partial charge >= 0.3 is 5.97 Å². The average molecular weight is 258 g/mol. The van der Waals surface area contributed by atoms with Gasteiger partial charge in [-0.15, -0.1) is 0 Å². The van der Waals surface area contributed by atoms with Gasteiger partial charge in [0.1, 0.15) is 11.3 Å². The Bertz CT molecular complexity index is 410. The largest absolute Gasteiger partial charge is 0.458 e. The Morgan fingerprint density at radius 3 is 2.88 bits per heavy atom. The average Bonchev–Trinajstić information content (AvgIpc) is 2.20. The normalized spacial score (nSPS) is 12.5. The molecule has 1 aromatic rings. The number of likely N-dealkylation sites (N-methyl/N-ethyl adjacent to an activating group) is 1. The molecule has 0 saturated carbocycles. The van der Waals surface area contributed by atoms with Crippen LogP contribution in [0.25, 0.3) is 0 Å². The number of aromatic nitrogens is 1. The van der Waals surface area contributed by atoms with Gasteiger partial charge in [0, 0.05) is 6.54 Å². The van der Waals surface area contributed by atoms with E-state index in [2.05, 4.69) is 4.98 Å². The number of anilines is 1. The number of carbonyl (C=O) groups excluding carboxylic acids is 1. The van der Waals surface area contributed by atoms with Gasteiger partial charge < -0.3 is 15.4 Å². The molecule has 0 fully saturated rings.